The number of carbonyl (C=O) groups is 2. The van der Waals surface area contributed by atoms with Gasteiger partial charge in [0.25, 0.3) is 11.8 Å². The minimum atomic E-state index is -0.372. The van der Waals surface area contributed by atoms with Crippen molar-refractivity contribution in [1.29, 1.82) is 5.26 Å². The van der Waals surface area contributed by atoms with E-state index in [1.54, 1.807) is 4.90 Å². The first kappa shape index (κ1) is 29.0. The van der Waals surface area contributed by atoms with Crippen LogP contribution in [-0.2, 0) is 4.79 Å². The summed E-state index contributed by atoms with van der Waals surface area (Å²) < 4.78 is 13.3. The number of nitrogens with two attached hydrogens (primary N) is 1. The van der Waals surface area contributed by atoms with Crippen molar-refractivity contribution >= 4 is 11.8 Å². The van der Waals surface area contributed by atoms with Gasteiger partial charge in [0.2, 0.25) is 0 Å². The molecule has 3 atom stereocenters. The first-order valence-electron chi connectivity index (χ1n) is 14.2. The zero-order valence-corrected chi connectivity index (χ0v) is 23.8. The highest BCUT2D eigenvalue weighted by Crippen LogP contribution is 2.44. The number of piperazine rings is 1. The average molecular weight is 539 g/mol. The minimum Gasteiger partial charge on any atom is -0.370 e. The predicted octanol–water partition coefficient (Wildman–Crippen LogP) is 3.07. The van der Waals surface area contributed by atoms with Crippen LogP contribution in [0.5, 0.6) is 0 Å². The van der Waals surface area contributed by atoms with Crippen LogP contribution in [0.2, 0.25) is 0 Å². The summed E-state index contributed by atoms with van der Waals surface area (Å²) in [6.45, 7) is 7.72. The maximum atomic E-state index is 13.7. The van der Waals surface area contributed by atoms with E-state index in [1.165, 1.54) is 24.3 Å². The Hall–Kier alpha value is -2.96. The highest BCUT2D eigenvalue weighted by Gasteiger charge is 2.47. The van der Waals surface area contributed by atoms with Crippen molar-refractivity contribution in [2.45, 2.75) is 57.5 Å². The van der Waals surface area contributed by atoms with Gasteiger partial charge in [0.05, 0.1) is 0 Å². The Labute approximate surface area is 232 Å². The molecule has 2 N–H and O–H groups in total. The van der Waals surface area contributed by atoms with E-state index in [2.05, 4.69) is 29.7 Å². The van der Waals surface area contributed by atoms with Crippen LogP contribution >= 0.6 is 0 Å². The molecular weight excluding hydrogens is 495 g/mol. The summed E-state index contributed by atoms with van der Waals surface area (Å²) >= 11 is 0. The molecule has 2 fully saturated rings. The highest BCUT2D eigenvalue weighted by atomic mass is 19.1. The third-order valence-corrected chi connectivity index (χ3v) is 8.33. The number of nitrogens with zero attached hydrogens (tertiary/aromatic N) is 5. The van der Waals surface area contributed by atoms with E-state index in [-0.39, 0.29) is 40.7 Å². The van der Waals surface area contributed by atoms with Gasteiger partial charge in [-0.25, -0.2) is 4.39 Å². The summed E-state index contributed by atoms with van der Waals surface area (Å²) in [7, 11) is 4.06. The Kier molecular flexibility index (Phi) is 8.97. The van der Waals surface area contributed by atoms with Crippen molar-refractivity contribution in [1.82, 2.24) is 19.6 Å². The van der Waals surface area contributed by atoms with Gasteiger partial charge in [0.15, 0.2) is 0 Å². The van der Waals surface area contributed by atoms with Crippen molar-refractivity contribution in [3.05, 3.63) is 46.9 Å². The minimum absolute atomic E-state index is 0.0720. The van der Waals surface area contributed by atoms with E-state index in [1.807, 2.05) is 19.0 Å². The molecule has 0 spiro atoms. The van der Waals surface area contributed by atoms with E-state index in [4.69, 9.17) is 5.73 Å². The Bertz CT molecular complexity index is 1110. The van der Waals surface area contributed by atoms with Gasteiger partial charge < -0.3 is 25.3 Å². The number of benzene rings is 1. The number of nitriles is 1. The number of hydrogen-bond acceptors (Lipinski definition) is 6. The van der Waals surface area contributed by atoms with Gasteiger partial charge in [-0.15, -0.1) is 0 Å². The molecule has 0 bridgehead atoms. The second-order valence-corrected chi connectivity index (χ2v) is 12.4. The maximum Gasteiger partial charge on any atom is 0.266 e. The van der Waals surface area contributed by atoms with Crippen LogP contribution in [-0.4, -0.2) is 96.4 Å². The number of halogens is 1. The van der Waals surface area contributed by atoms with E-state index < -0.39 is 0 Å². The number of fused-ring (bicyclic) bond motifs is 1. The number of amides is 2. The fourth-order valence-electron chi connectivity index (χ4n) is 6.68. The molecule has 0 radical (unpaired) electrons. The van der Waals surface area contributed by atoms with E-state index >= 15 is 0 Å². The van der Waals surface area contributed by atoms with Crippen LogP contribution in [0.25, 0.3) is 0 Å². The average Bonchev–Trinajstić information content (AvgIpc) is 2.88. The van der Waals surface area contributed by atoms with Crippen LogP contribution in [0.1, 0.15) is 56.3 Å². The van der Waals surface area contributed by atoms with Crippen molar-refractivity contribution in [2.24, 2.45) is 17.6 Å². The molecule has 9 heteroatoms. The fourth-order valence-corrected chi connectivity index (χ4v) is 6.68. The quantitative estimate of drug-likeness (QED) is 0.547. The Morgan fingerprint density at radius 1 is 1.15 bits per heavy atom. The molecule has 1 aliphatic carbocycles. The van der Waals surface area contributed by atoms with Crippen molar-refractivity contribution in [3.8, 4) is 6.07 Å². The largest absolute Gasteiger partial charge is 0.370 e. The zero-order valence-electron chi connectivity index (χ0n) is 23.8. The summed E-state index contributed by atoms with van der Waals surface area (Å²) in [6, 6.07) is 7.98. The Morgan fingerprint density at radius 3 is 2.41 bits per heavy atom. The van der Waals surface area contributed by atoms with Gasteiger partial charge in [-0.05, 0) is 96.8 Å². The molecule has 212 valence electrons. The summed E-state index contributed by atoms with van der Waals surface area (Å²) in [4.78, 5) is 34.8. The lowest BCUT2D eigenvalue weighted by molar-refractivity contribution is -0.133. The molecular formula is C30H43FN6O2. The van der Waals surface area contributed by atoms with Gasteiger partial charge in [-0.2, -0.15) is 5.26 Å². The monoisotopic (exact) mass is 538 g/mol. The topological polar surface area (TPSA) is 96.9 Å². The lowest BCUT2D eigenvalue weighted by atomic mass is 9.69. The van der Waals surface area contributed by atoms with Crippen molar-refractivity contribution in [3.63, 3.8) is 0 Å². The van der Waals surface area contributed by atoms with Crippen LogP contribution in [0.15, 0.2) is 35.5 Å². The number of hydrogen-bond donors (Lipinski definition) is 1. The van der Waals surface area contributed by atoms with Gasteiger partial charge in [0.1, 0.15) is 17.5 Å². The SMILES string of the molecule is CN(C)CCCN1C(=O)C(C#N)=C(N2CCN(C(=O)c3ccc(F)cc3)CC2)C2CC(CC(C)(C)N)CCC21. The molecule has 39 heavy (non-hydrogen) atoms. The Balaban J connectivity index is 1.57. The lowest BCUT2D eigenvalue weighted by Crippen LogP contribution is -2.57. The summed E-state index contributed by atoms with van der Waals surface area (Å²) in [5, 5.41) is 10.2. The van der Waals surface area contributed by atoms with E-state index in [9.17, 15) is 19.2 Å². The number of carbonyl (C=O) groups excluding carboxylic acids is 2. The number of rotatable bonds is 8. The second kappa shape index (κ2) is 12.1. The smallest absolute Gasteiger partial charge is 0.266 e. The van der Waals surface area contributed by atoms with Crippen molar-refractivity contribution in [2.75, 3.05) is 53.4 Å². The van der Waals surface area contributed by atoms with Gasteiger partial charge in [-0.1, -0.05) is 0 Å². The molecule has 8 nitrogen and oxygen atoms in total. The van der Waals surface area contributed by atoms with Gasteiger partial charge in [0, 0.05) is 61.5 Å². The molecule has 3 aliphatic rings. The van der Waals surface area contributed by atoms with Crippen LogP contribution in [0.3, 0.4) is 0 Å². The van der Waals surface area contributed by atoms with Crippen molar-refractivity contribution < 1.29 is 14.0 Å². The second-order valence-electron chi connectivity index (χ2n) is 12.4. The normalized spacial score (nSPS) is 24.2. The molecule has 1 aromatic carbocycles. The molecule has 4 rings (SSSR count). The summed E-state index contributed by atoms with van der Waals surface area (Å²) in [6.07, 6.45) is 4.59. The van der Waals surface area contributed by atoms with E-state index in [0.717, 1.165) is 44.3 Å². The molecule has 0 aromatic heterocycles. The summed E-state index contributed by atoms with van der Waals surface area (Å²) in [5.41, 5.74) is 7.71. The van der Waals surface area contributed by atoms with Gasteiger partial charge in [-0.3, -0.25) is 9.59 Å². The molecule has 2 aliphatic heterocycles. The fraction of sp³-hybridized carbons (Fsp3) is 0.633. The maximum absolute atomic E-state index is 13.7. The molecule has 2 amide bonds. The summed E-state index contributed by atoms with van der Waals surface area (Å²) in [5.74, 6) is -0.147. The highest BCUT2D eigenvalue weighted by molar-refractivity contribution is 5.99. The van der Waals surface area contributed by atoms with E-state index in [0.29, 0.717) is 44.2 Å². The molecule has 3 unspecified atom stereocenters. The first-order chi connectivity index (χ1) is 18.5. The third kappa shape index (κ3) is 6.79. The standard InChI is InChI=1S/C30H43FN6O2/c1-30(2,33)19-21-6-11-26-24(18-21)27(25(20-32)29(39)37(26)13-5-12-34(3)4)35-14-16-36(17-15-35)28(38)22-7-9-23(31)10-8-22/h7-10,21,24,26H,5-6,11-19,33H2,1-4H3. The molecule has 1 aromatic rings. The van der Waals surface area contributed by atoms with Crippen LogP contribution < -0.4 is 5.73 Å². The Morgan fingerprint density at radius 2 is 1.82 bits per heavy atom. The first-order valence-corrected chi connectivity index (χ1v) is 14.2. The lowest BCUT2D eigenvalue weighted by Gasteiger charge is -2.51. The predicted molar refractivity (Wildman–Crippen MR) is 149 cm³/mol. The zero-order chi connectivity index (χ0) is 28.3. The van der Waals surface area contributed by atoms with Crippen LogP contribution in [0.4, 0.5) is 4.39 Å². The molecule has 1 saturated heterocycles. The van der Waals surface area contributed by atoms with Crippen LogP contribution in [0, 0.1) is 29.0 Å². The van der Waals surface area contributed by atoms with Gasteiger partial charge >= 0.3 is 0 Å². The molecule has 2 heterocycles. The third-order valence-electron chi connectivity index (χ3n) is 8.33. The molecule has 1 saturated carbocycles.